The number of ketones is 1. The lowest BCUT2D eigenvalue weighted by Crippen LogP contribution is -2.29. The molecule has 0 saturated carbocycles. The highest BCUT2D eigenvalue weighted by Gasteiger charge is 2.48. The van der Waals surface area contributed by atoms with Crippen molar-refractivity contribution >= 4 is 23.3 Å². The monoisotopic (exact) mass is 510 g/mol. The molecule has 11 nitrogen and oxygen atoms in total. The van der Waals surface area contributed by atoms with Crippen molar-refractivity contribution < 1.29 is 42.9 Å². The number of anilines is 1. The van der Waals surface area contributed by atoms with Gasteiger partial charge in [0.05, 0.1) is 47.2 Å². The molecule has 2 heterocycles. The molecule has 0 spiro atoms. The van der Waals surface area contributed by atoms with Crippen molar-refractivity contribution in [2.75, 3.05) is 40.4 Å². The Morgan fingerprint density at radius 1 is 0.865 bits per heavy atom. The molecule has 2 aromatic carbocycles. The third kappa shape index (κ3) is 4.28. The fourth-order valence-electron chi connectivity index (χ4n) is 4.25. The number of aliphatic hydroxyl groups is 1. The third-order valence-corrected chi connectivity index (χ3v) is 5.97. The first-order valence-electron chi connectivity index (χ1n) is 11.1. The molecule has 1 aliphatic heterocycles. The van der Waals surface area contributed by atoms with Crippen molar-refractivity contribution in [2.24, 2.45) is 0 Å². The molecule has 1 N–H and O–H groups in total. The van der Waals surface area contributed by atoms with Gasteiger partial charge in [-0.05, 0) is 42.8 Å². The second-order valence-electron chi connectivity index (χ2n) is 7.99. The number of aryl methyl sites for hydroxylation is 1. The molecule has 0 bridgehead atoms. The molecule has 0 radical (unpaired) electrons. The number of methoxy groups -OCH3 is 5. The predicted octanol–water partition coefficient (Wildman–Crippen LogP) is 3.65. The first-order valence-corrected chi connectivity index (χ1v) is 11.1. The van der Waals surface area contributed by atoms with Gasteiger partial charge in [-0.2, -0.15) is 0 Å². The Morgan fingerprint density at radius 2 is 1.49 bits per heavy atom. The Kier molecular flexibility index (Phi) is 6.96. The topological polar surface area (TPSA) is 130 Å². The number of hydrogen-bond donors (Lipinski definition) is 1. The summed E-state index contributed by atoms with van der Waals surface area (Å²) in [6, 6.07) is 8.25. The van der Waals surface area contributed by atoms with E-state index in [1.165, 1.54) is 47.7 Å². The molecule has 1 saturated heterocycles. The van der Waals surface area contributed by atoms with Gasteiger partial charge in [0.15, 0.2) is 28.8 Å². The van der Waals surface area contributed by atoms with Crippen LogP contribution in [-0.2, 0) is 9.59 Å². The smallest absolute Gasteiger partial charge is 0.301 e. The van der Waals surface area contributed by atoms with Gasteiger partial charge >= 0.3 is 5.91 Å². The molecule has 0 aliphatic carbocycles. The highest BCUT2D eigenvalue weighted by atomic mass is 16.5. The van der Waals surface area contributed by atoms with E-state index in [1.54, 1.807) is 31.2 Å². The molecule has 1 amide bonds. The molecule has 194 valence electrons. The van der Waals surface area contributed by atoms with Crippen LogP contribution in [-0.4, -0.2) is 57.5 Å². The second kappa shape index (κ2) is 10.1. The number of rotatable bonds is 8. The molecule has 1 aromatic heterocycles. The number of benzene rings is 2. The summed E-state index contributed by atoms with van der Waals surface area (Å²) in [5.74, 6) is -0.0136. The van der Waals surface area contributed by atoms with Gasteiger partial charge in [-0.3, -0.25) is 14.5 Å². The summed E-state index contributed by atoms with van der Waals surface area (Å²) in [4.78, 5) is 27.9. The Labute approximate surface area is 212 Å². The average Bonchev–Trinajstić information content (AvgIpc) is 3.46. The molecule has 1 atom stereocenters. The van der Waals surface area contributed by atoms with Crippen LogP contribution in [0.5, 0.6) is 28.7 Å². The van der Waals surface area contributed by atoms with Gasteiger partial charge in [-0.25, -0.2) is 0 Å². The van der Waals surface area contributed by atoms with Crippen LogP contribution in [0.2, 0.25) is 0 Å². The first-order chi connectivity index (χ1) is 17.8. The maximum absolute atomic E-state index is 13.4. The molecule has 1 aliphatic rings. The van der Waals surface area contributed by atoms with Crippen LogP contribution < -0.4 is 28.6 Å². The summed E-state index contributed by atoms with van der Waals surface area (Å²) >= 11 is 0. The average molecular weight is 510 g/mol. The van der Waals surface area contributed by atoms with Crippen LogP contribution in [0.25, 0.3) is 5.76 Å². The van der Waals surface area contributed by atoms with Crippen LogP contribution in [0, 0.1) is 6.92 Å². The van der Waals surface area contributed by atoms with Gasteiger partial charge in [0.25, 0.3) is 5.78 Å². The lowest BCUT2D eigenvalue weighted by molar-refractivity contribution is -0.132. The Balaban J connectivity index is 2.00. The van der Waals surface area contributed by atoms with Crippen LogP contribution in [0.4, 0.5) is 5.82 Å². The minimum Gasteiger partial charge on any atom is -0.507 e. The Bertz CT molecular complexity index is 1370. The zero-order valence-corrected chi connectivity index (χ0v) is 21.1. The van der Waals surface area contributed by atoms with E-state index in [0.717, 1.165) is 4.90 Å². The van der Waals surface area contributed by atoms with Crippen molar-refractivity contribution in [1.29, 1.82) is 0 Å². The Morgan fingerprint density at radius 3 is 2.00 bits per heavy atom. The second-order valence-corrected chi connectivity index (χ2v) is 7.99. The summed E-state index contributed by atoms with van der Waals surface area (Å²) in [5.41, 5.74) is 0.466. The number of hydrogen-bond acceptors (Lipinski definition) is 10. The van der Waals surface area contributed by atoms with Crippen LogP contribution in [0.1, 0.15) is 22.9 Å². The van der Waals surface area contributed by atoms with Gasteiger partial charge in [0.2, 0.25) is 5.75 Å². The lowest BCUT2D eigenvalue weighted by Gasteiger charge is -2.24. The number of carbonyl (C=O) groups is 2. The molecule has 1 unspecified atom stereocenters. The molecule has 1 fully saturated rings. The predicted molar refractivity (Wildman–Crippen MR) is 132 cm³/mol. The van der Waals surface area contributed by atoms with E-state index in [-0.39, 0.29) is 17.0 Å². The minimum absolute atomic E-state index is 0.102. The van der Waals surface area contributed by atoms with Crippen LogP contribution >= 0.6 is 0 Å². The van der Waals surface area contributed by atoms with E-state index in [4.69, 9.17) is 28.2 Å². The van der Waals surface area contributed by atoms with Gasteiger partial charge in [0, 0.05) is 11.6 Å². The fourth-order valence-corrected chi connectivity index (χ4v) is 4.25. The summed E-state index contributed by atoms with van der Waals surface area (Å²) < 4.78 is 32.1. The molecule has 4 rings (SSSR count). The van der Waals surface area contributed by atoms with Gasteiger partial charge in [-0.15, -0.1) is 0 Å². The third-order valence-electron chi connectivity index (χ3n) is 5.97. The molecule has 3 aromatic rings. The van der Waals surface area contributed by atoms with Crippen molar-refractivity contribution in [3.05, 3.63) is 58.9 Å². The molecule has 37 heavy (non-hydrogen) atoms. The highest BCUT2D eigenvalue weighted by molar-refractivity contribution is 6.51. The van der Waals surface area contributed by atoms with Crippen LogP contribution in [0.15, 0.2) is 46.5 Å². The molecular formula is C26H26N2O9. The number of amides is 1. The lowest BCUT2D eigenvalue weighted by atomic mass is 9.94. The number of aliphatic hydroxyl groups excluding tert-OH is 1. The van der Waals surface area contributed by atoms with Gasteiger partial charge in [-0.1, -0.05) is 5.16 Å². The summed E-state index contributed by atoms with van der Waals surface area (Å²) in [7, 11) is 7.28. The zero-order valence-electron chi connectivity index (χ0n) is 21.1. The zero-order chi connectivity index (χ0) is 26.9. The molecule has 11 heteroatoms. The van der Waals surface area contributed by atoms with E-state index in [1.807, 2.05) is 0 Å². The minimum atomic E-state index is -1.11. The van der Waals surface area contributed by atoms with E-state index in [2.05, 4.69) is 5.16 Å². The standard InChI is InChI=1S/C26H26N2O9/c1-13-9-20(27-37-13)28-22(15-11-18(34-4)25(36-6)19(12-15)35-5)21(24(30)26(28)31)23(29)14-7-8-16(32-2)17(10-14)33-3/h7-12,22,29H,1-6H3. The van der Waals surface area contributed by atoms with Gasteiger partial charge in [0.1, 0.15) is 11.5 Å². The maximum Gasteiger partial charge on any atom is 0.301 e. The Hall–Kier alpha value is -4.67. The van der Waals surface area contributed by atoms with Crippen molar-refractivity contribution in [2.45, 2.75) is 13.0 Å². The number of carbonyl (C=O) groups excluding carboxylic acids is 2. The van der Waals surface area contributed by atoms with E-state index in [9.17, 15) is 14.7 Å². The van der Waals surface area contributed by atoms with Crippen molar-refractivity contribution in [3.8, 4) is 28.7 Å². The van der Waals surface area contributed by atoms with Crippen LogP contribution in [0.3, 0.4) is 0 Å². The number of ether oxygens (including phenoxy) is 5. The van der Waals surface area contributed by atoms with E-state index >= 15 is 0 Å². The van der Waals surface area contributed by atoms with E-state index in [0.29, 0.717) is 40.1 Å². The summed E-state index contributed by atoms with van der Waals surface area (Å²) in [5, 5.41) is 15.3. The molecular weight excluding hydrogens is 484 g/mol. The fraction of sp³-hybridized carbons (Fsp3) is 0.269. The summed E-state index contributed by atoms with van der Waals surface area (Å²) in [6.07, 6.45) is 0. The quantitative estimate of drug-likeness (QED) is 0.272. The van der Waals surface area contributed by atoms with Crippen molar-refractivity contribution in [3.63, 3.8) is 0 Å². The SMILES string of the molecule is COc1ccc(C(O)=C2C(=O)C(=O)N(c3cc(C)on3)C2c2cc(OC)c(OC)c(OC)c2)cc1OC. The van der Waals surface area contributed by atoms with Gasteiger partial charge < -0.3 is 33.3 Å². The number of aromatic nitrogens is 1. The van der Waals surface area contributed by atoms with Crippen molar-refractivity contribution in [1.82, 2.24) is 5.16 Å². The normalized spacial score (nSPS) is 16.6. The van der Waals surface area contributed by atoms with E-state index < -0.39 is 23.5 Å². The largest absolute Gasteiger partial charge is 0.507 e. The summed E-state index contributed by atoms with van der Waals surface area (Å²) in [6.45, 7) is 1.66. The first kappa shape index (κ1) is 25.4. The number of Topliss-reactive ketones (excluding diaryl/α,β-unsaturated/α-hetero) is 1. The highest BCUT2D eigenvalue weighted by Crippen LogP contribution is 2.47. The number of nitrogens with zero attached hydrogens (tertiary/aromatic N) is 2. The maximum atomic E-state index is 13.4.